The Hall–Kier alpha value is -2.06. The number of esters is 1. The Balaban J connectivity index is 2.51. The van der Waals surface area contributed by atoms with Crippen LogP contribution in [0.15, 0.2) is 12.1 Å². The number of hydrogen-bond acceptors (Lipinski definition) is 6. The number of amides is 1. The van der Waals surface area contributed by atoms with E-state index in [1.165, 1.54) is 12.0 Å². The first kappa shape index (κ1) is 24.2. The summed E-state index contributed by atoms with van der Waals surface area (Å²) < 4.78 is 22.8. The number of methoxy groups -OCH3 is 1. The van der Waals surface area contributed by atoms with Crippen LogP contribution in [0.1, 0.15) is 59.6 Å². The number of carbonyl (C=O) groups excluding carboxylic acids is 2. The summed E-state index contributed by atoms with van der Waals surface area (Å²) in [6.07, 6.45) is -0.416. The number of hydrogen-bond donors (Lipinski definition) is 0. The third-order valence-corrected chi connectivity index (χ3v) is 5.66. The van der Waals surface area contributed by atoms with Gasteiger partial charge in [-0.15, -0.1) is 0 Å². The first-order chi connectivity index (χ1) is 13.6. The van der Waals surface area contributed by atoms with E-state index in [0.29, 0.717) is 5.69 Å². The molecule has 1 heterocycles. The van der Waals surface area contributed by atoms with Crippen molar-refractivity contribution in [3.63, 3.8) is 0 Å². The van der Waals surface area contributed by atoms with Gasteiger partial charge in [0.25, 0.3) is 0 Å². The van der Waals surface area contributed by atoms with Crippen LogP contribution in [0.5, 0.6) is 0 Å². The second kappa shape index (κ2) is 8.23. The number of ether oxygens (including phenoxy) is 2. The van der Waals surface area contributed by atoms with Crippen LogP contribution >= 0.6 is 0 Å². The fraction of sp³-hybridized carbons (Fsp3) is 0.636. The van der Waals surface area contributed by atoms with Gasteiger partial charge in [-0.25, -0.2) is 4.79 Å². The van der Waals surface area contributed by atoms with Gasteiger partial charge in [-0.3, -0.25) is 9.69 Å². The maximum absolute atomic E-state index is 12.6. The van der Waals surface area contributed by atoms with Crippen molar-refractivity contribution >= 4 is 30.3 Å². The highest BCUT2D eigenvalue weighted by molar-refractivity contribution is 6.62. The lowest BCUT2D eigenvalue weighted by Gasteiger charge is -2.32. The van der Waals surface area contributed by atoms with Crippen molar-refractivity contribution in [3.05, 3.63) is 23.3 Å². The molecule has 0 N–H and O–H groups in total. The predicted molar refractivity (Wildman–Crippen MR) is 117 cm³/mol. The van der Waals surface area contributed by atoms with E-state index in [-0.39, 0.29) is 12.4 Å². The van der Waals surface area contributed by atoms with Crippen molar-refractivity contribution in [2.45, 2.75) is 78.6 Å². The topological polar surface area (TPSA) is 74.3 Å². The first-order valence-electron chi connectivity index (χ1n) is 10.1. The molecule has 0 aliphatic carbocycles. The van der Waals surface area contributed by atoms with Crippen molar-refractivity contribution in [2.24, 2.45) is 0 Å². The molecule has 0 bridgehead atoms. The molecule has 1 amide bonds. The number of benzene rings is 1. The number of rotatable bonds is 4. The van der Waals surface area contributed by atoms with Gasteiger partial charge in [0.1, 0.15) is 5.60 Å². The highest BCUT2D eigenvalue weighted by atomic mass is 16.7. The van der Waals surface area contributed by atoms with E-state index in [1.807, 2.05) is 61.5 Å². The quantitative estimate of drug-likeness (QED) is 0.550. The average molecular weight is 419 g/mol. The smallest absolute Gasteiger partial charge is 0.469 e. The number of nitrogens with zero attached hydrogens (tertiary/aromatic N) is 1. The van der Waals surface area contributed by atoms with Gasteiger partial charge in [-0.2, -0.15) is 0 Å². The van der Waals surface area contributed by atoms with Gasteiger partial charge >= 0.3 is 19.2 Å². The Labute approximate surface area is 180 Å². The van der Waals surface area contributed by atoms with E-state index in [1.54, 1.807) is 13.1 Å². The third kappa shape index (κ3) is 5.16. The molecule has 1 saturated heterocycles. The minimum Gasteiger partial charge on any atom is -0.469 e. The maximum atomic E-state index is 12.6. The van der Waals surface area contributed by atoms with Crippen molar-refractivity contribution in [1.82, 2.24) is 0 Å². The van der Waals surface area contributed by atoms with Gasteiger partial charge in [0.15, 0.2) is 0 Å². The molecule has 7 nitrogen and oxygen atoms in total. The summed E-state index contributed by atoms with van der Waals surface area (Å²) in [7, 11) is 2.36. The van der Waals surface area contributed by atoms with Crippen LogP contribution in [-0.2, 0) is 30.0 Å². The molecule has 0 aromatic heterocycles. The average Bonchev–Trinajstić information content (AvgIpc) is 2.81. The molecule has 2 rings (SSSR count). The zero-order valence-corrected chi connectivity index (χ0v) is 19.8. The lowest BCUT2D eigenvalue weighted by molar-refractivity contribution is -0.139. The van der Waals surface area contributed by atoms with Crippen LogP contribution in [0.3, 0.4) is 0 Å². The normalized spacial score (nSPS) is 17.6. The van der Waals surface area contributed by atoms with E-state index in [9.17, 15) is 9.59 Å². The fourth-order valence-corrected chi connectivity index (χ4v) is 3.04. The molecule has 30 heavy (non-hydrogen) atoms. The predicted octanol–water partition coefficient (Wildman–Crippen LogP) is 3.38. The SMILES string of the molecule is COC(=O)Cc1cc(N(C)C(=O)OC(C)(C)C)cc(B2OC(C)(C)C(C)(C)O2)c1C. The van der Waals surface area contributed by atoms with Crippen molar-refractivity contribution in [2.75, 3.05) is 19.1 Å². The Kier molecular flexibility index (Phi) is 6.64. The van der Waals surface area contributed by atoms with E-state index < -0.39 is 30.0 Å². The van der Waals surface area contributed by atoms with Gasteiger partial charge in [0, 0.05) is 12.7 Å². The van der Waals surface area contributed by atoms with Gasteiger partial charge < -0.3 is 18.8 Å². The van der Waals surface area contributed by atoms with Crippen molar-refractivity contribution < 1.29 is 28.4 Å². The largest absolute Gasteiger partial charge is 0.495 e. The fourth-order valence-electron chi connectivity index (χ4n) is 3.04. The number of anilines is 1. The van der Waals surface area contributed by atoms with Crippen LogP contribution in [-0.4, -0.2) is 50.1 Å². The zero-order chi connectivity index (χ0) is 23.1. The van der Waals surface area contributed by atoms with Gasteiger partial charge in [-0.05, 0) is 84.1 Å². The Morgan fingerprint density at radius 2 is 1.63 bits per heavy atom. The molecule has 1 fully saturated rings. The molecule has 1 aliphatic heterocycles. The van der Waals surface area contributed by atoms with Gasteiger partial charge in [0.05, 0.1) is 24.7 Å². The lowest BCUT2D eigenvalue weighted by atomic mass is 9.74. The summed E-state index contributed by atoms with van der Waals surface area (Å²) >= 11 is 0. The molecule has 0 atom stereocenters. The molecule has 1 aliphatic rings. The first-order valence-corrected chi connectivity index (χ1v) is 10.1. The summed E-state index contributed by atoms with van der Waals surface area (Å²) in [5, 5.41) is 0. The lowest BCUT2D eigenvalue weighted by Crippen LogP contribution is -2.41. The Morgan fingerprint density at radius 1 is 1.10 bits per heavy atom. The highest BCUT2D eigenvalue weighted by Crippen LogP contribution is 2.37. The second-order valence-electron chi connectivity index (χ2n) is 9.70. The van der Waals surface area contributed by atoms with Crippen LogP contribution in [0, 0.1) is 6.92 Å². The standard InChI is InChI=1S/C22H34BNO6/c1-14-15(12-18(25)27-10)11-16(24(9)19(26)28-20(2,3)4)13-17(14)23-29-21(5,6)22(7,8)30-23/h11,13H,12H2,1-10H3. The summed E-state index contributed by atoms with van der Waals surface area (Å²) in [6, 6.07) is 3.65. The Morgan fingerprint density at radius 3 is 2.10 bits per heavy atom. The molecule has 166 valence electrons. The van der Waals surface area contributed by atoms with E-state index in [0.717, 1.165) is 16.6 Å². The summed E-state index contributed by atoms with van der Waals surface area (Å²) in [5.74, 6) is -0.366. The monoisotopic (exact) mass is 419 g/mol. The molecule has 1 aromatic carbocycles. The molecule has 0 spiro atoms. The Bertz CT molecular complexity index is 812. The third-order valence-electron chi connectivity index (χ3n) is 5.66. The molecule has 1 aromatic rings. The van der Waals surface area contributed by atoms with E-state index >= 15 is 0 Å². The molecule has 8 heteroatoms. The molecular formula is C22H34BNO6. The molecule has 0 unspecified atom stereocenters. The van der Waals surface area contributed by atoms with Gasteiger partial charge in [0.2, 0.25) is 0 Å². The minimum atomic E-state index is -0.626. The number of carbonyl (C=O) groups is 2. The maximum Gasteiger partial charge on any atom is 0.495 e. The minimum absolute atomic E-state index is 0.0742. The molecule has 0 radical (unpaired) electrons. The molecule has 0 saturated carbocycles. The van der Waals surface area contributed by atoms with E-state index in [4.69, 9.17) is 18.8 Å². The van der Waals surface area contributed by atoms with Crippen LogP contribution in [0.25, 0.3) is 0 Å². The zero-order valence-electron chi connectivity index (χ0n) is 19.8. The second-order valence-corrected chi connectivity index (χ2v) is 9.70. The summed E-state index contributed by atoms with van der Waals surface area (Å²) in [4.78, 5) is 26.0. The summed E-state index contributed by atoms with van der Waals surface area (Å²) in [5.41, 5.74) is 1.29. The van der Waals surface area contributed by atoms with Gasteiger partial charge in [-0.1, -0.05) is 0 Å². The van der Waals surface area contributed by atoms with E-state index in [2.05, 4.69) is 0 Å². The van der Waals surface area contributed by atoms with Crippen molar-refractivity contribution in [1.29, 1.82) is 0 Å². The van der Waals surface area contributed by atoms with Crippen LogP contribution < -0.4 is 10.4 Å². The summed E-state index contributed by atoms with van der Waals surface area (Å²) in [6.45, 7) is 15.3. The van der Waals surface area contributed by atoms with Crippen LogP contribution in [0.2, 0.25) is 0 Å². The molecular weight excluding hydrogens is 385 g/mol. The highest BCUT2D eigenvalue weighted by Gasteiger charge is 2.52. The van der Waals surface area contributed by atoms with Crippen LogP contribution in [0.4, 0.5) is 10.5 Å². The van der Waals surface area contributed by atoms with Crippen molar-refractivity contribution in [3.8, 4) is 0 Å².